The van der Waals surface area contributed by atoms with E-state index in [0.717, 1.165) is 0 Å². The summed E-state index contributed by atoms with van der Waals surface area (Å²) in [5.41, 5.74) is -5.48. The number of aliphatic hydroxyl groups is 1. The van der Waals surface area contributed by atoms with Crippen molar-refractivity contribution in [2.45, 2.75) is 132 Å². The molecule has 238 valence electrons. The van der Waals surface area contributed by atoms with Crippen molar-refractivity contribution in [2.75, 3.05) is 0 Å². The second kappa shape index (κ2) is 8.60. The lowest BCUT2D eigenvalue weighted by Crippen LogP contribution is -2.71. The van der Waals surface area contributed by atoms with E-state index in [0.29, 0.717) is 17.6 Å². The first kappa shape index (κ1) is 28.8. The number of carbonyl (C=O) groups is 4. The largest absolute Gasteiger partial charge is 0.458 e. The molecule has 13 atom stereocenters. The summed E-state index contributed by atoms with van der Waals surface area (Å²) >= 11 is 0. The Morgan fingerprint density at radius 3 is 2.55 bits per heavy atom. The third-order valence-corrected chi connectivity index (χ3v) is 12.5. The van der Waals surface area contributed by atoms with Gasteiger partial charge in [0.2, 0.25) is 0 Å². The highest BCUT2D eigenvalue weighted by atomic mass is 16.7. The Bertz CT molecular complexity index is 1460. The third-order valence-electron chi connectivity index (χ3n) is 12.5. The van der Waals surface area contributed by atoms with Crippen LogP contribution in [-0.2, 0) is 47.6 Å². The van der Waals surface area contributed by atoms with Crippen LogP contribution in [0.1, 0.15) is 73.6 Å². The average molecular weight is 613 g/mol. The molecule has 8 rings (SSSR count). The monoisotopic (exact) mass is 612 g/mol. The summed E-state index contributed by atoms with van der Waals surface area (Å²) in [5.74, 6) is -3.32. The quantitative estimate of drug-likeness (QED) is 0.217. The second-order valence-corrected chi connectivity index (χ2v) is 15.0. The molecule has 3 saturated carbocycles. The summed E-state index contributed by atoms with van der Waals surface area (Å²) in [6, 6.07) is 0. The molecule has 5 aliphatic heterocycles. The van der Waals surface area contributed by atoms with Gasteiger partial charge < -0.3 is 33.5 Å². The van der Waals surface area contributed by atoms with Crippen molar-refractivity contribution in [3.63, 3.8) is 0 Å². The van der Waals surface area contributed by atoms with Gasteiger partial charge in [-0.05, 0) is 59.5 Å². The maximum atomic E-state index is 14.6. The molecule has 0 aromatic carbocycles. The SMILES string of the molecule is C/C=C(/C)C(=O)O[C@@H]1C[C@H]2C(C)(C)O[C@@H]3CC(=O)O[C@@]32C[C@@]2(O)CC(=O)[C@]34O[C@@H]([C@@H]5C=C(C)C(=O)O5)[C@@H](C)[C@H]3C[C@@H]3O[C@@]34[C@H]12. The number of esters is 3. The van der Waals surface area contributed by atoms with Gasteiger partial charge in [-0.2, -0.15) is 0 Å². The zero-order valence-corrected chi connectivity index (χ0v) is 25.9. The van der Waals surface area contributed by atoms with Crippen LogP contribution >= 0.6 is 0 Å². The van der Waals surface area contributed by atoms with Crippen LogP contribution in [0.15, 0.2) is 23.3 Å². The van der Waals surface area contributed by atoms with Crippen molar-refractivity contribution in [1.29, 1.82) is 0 Å². The minimum atomic E-state index is -1.75. The predicted molar refractivity (Wildman–Crippen MR) is 149 cm³/mol. The Hall–Kier alpha value is -2.60. The lowest BCUT2D eigenvalue weighted by Gasteiger charge is -2.53. The van der Waals surface area contributed by atoms with Crippen LogP contribution in [0.2, 0.25) is 0 Å². The molecule has 0 aromatic heterocycles. The summed E-state index contributed by atoms with van der Waals surface area (Å²) in [5, 5.41) is 12.8. The maximum absolute atomic E-state index is 14.6. The Morgan fingerprint density at radius 2 is 1.86 bits per heavy atom. The van der Waals surface area contributed by atoms with Gasteiger partial charge in [0.15, 0.2) is 11.4 Å². The Morgan fingerprint density at radius 1 is 1.11 bits per heavy atom. The fourth-order valence-electron chi connectivity index (χ4n) is 10.7. The molecule has 0 amide bonds. The molecule has 5 heterocycles. The zero-order valence-electron chi connectivity index (χ0n) is 25.9. The highest BCUT2D eigenvalue weighted by Crippen LogP contribution is 2.75. The molecule has 8 aliphatic rings. The molecule has 3 aliphatic carbocycles. The number of hydrogen-bond donors (Lipinski definition) is 1. The van der Waals surface area contributed by atoms with Crippen LogP contribution < -0.4 is 0 Å². The second-order valence-electron chi connectivity index (χ2n) is 15.0. The van der Waals surface area contributed by atoms with E-state index in [1.54, 1.807) is 32.9 Å². The van der Waals surface area contributed by atoms with E-state index in [1.165, 1.54) is 0 Å². The van der Waals surface area contributed by atoms with E-state index >= 15 is 0 Å². The summed E-state index contributed by atoms with van der Waals surface area (Å²) in [6.45, 7) is 11.0. The number of epoxide rings is 1. The maximum Gasteiger partial charge on any atom is 0.334 e. The van der Waals surface area contributed by atoms with Crippen LogP contribution in [0.4, 0.5) is 0 Å². The van der Waals surface area contributed by atoms with Crippen molar-refractivity contribution < 1.29 is 52.7 Å². The molecule has 3 spiro atoms. The van der Waals surface area contributed by atoms with Crippen LogP contribution in [0.5, 0.6) is 0 Å². The van der Waals surface area contributed by atoms with Crippen molar-refractivity contribution in [3.05, 3.63) is 23.3 Å². The molecule has 11 nitrogen and oxygen atoms in total. The van der Waals surface area contributed by atoms with Gasteiger partial charge in [-0.3, -0.25) is 9.59 Å². The van der Waals surface area contributed by atoms with Crippen molar-refractivity contribution >= 4 is 23.7 Å². The van der Waals surface area contributed by atoms with Gasteiger partial charge in [0.05, 0.1) is 29.6 Å². The van der Waals surface area contributed by atoms with E-state index in [1.807, 2.05) is 20.8 Å². The van der Waals surface area contributed by atoms with Gasteiger partial charge in [-0.25, -0.2) is 9.59 Å². The first-order valence-electron chi connectivity index (χ1n) is 15.9. The Labute approximate surface area is 255 Å². The van der Waals surface area contributed by atoms with Gasteiger partial charge in [0.1, 0.15) is 35.6 Å². The molecule has 4 saturated heterocycles. The van der Waals surface area contributed by atoms with E-state index in [2.05, 4.69) is 0 Å². The summed E-state index contributed by atoms with van der Waals surface area (Å²) in [6.07, 6.45) is 0.751. The fourth-order valence-corrected chi connectivity index (χ4v) is 10.7. The molecule has 0 bridgehead atoms. The molecule has 0 unspecified atom stereocenters. The van der Waals surface area contributed by atoms with Crippen LogP contribution in [0.3, 0.4) is 0 Å². The number of cyclic esters (lactones) is 1. The molecule has 7 fully saturated rings. The minimum absolute atomic E-state index is 0.0440. The van der Waals surface area contributed by atoms with Gasteiger partial charge in [0, 0.05) is 35.8 Å². The lowest BCUT2D eigenvalue weighted by molar-refractivity contribution is -0.224. The first-order chi connectivity index (χ1) is 20.6. The number of carbonyl (C=O) groups excluding carboxylic acids is 4. The smallest absolute Gasteiger partial charge is 0.334 e. The summed E-state index contributed by atoms with van der Waals surface area (Å²) in [4.78, 5) is 53.1. The highest BCUT2D eigenvalue weighted by Gasteiger charge is 2.92. The number of hydrogen-bond acceptors (Lipinski definition) is 11. The fraction of sp³-hybridized carbons (Fsp3) is 0.758. The average Bonchev–Trinajstić information content (AvgIpc) is 3.10. The van der Waals surface area contributed by atoms with Gasteiger partial charge >= 0.3 is 17.9 Å². The Balaban J connectivity index is 1.26. The number of ketones is 1. The molecule has 44 heavy (non-hydrogen) atoms. The van der Waals surface area contributed by atoms with E-state index < -0.39 is 88.3 Å². The van der Waals surface area contributed by atoms with Gasteiger partial charge in [-0.1, -0.05) is 13.0 Å². The Kier molecular flexibility index (Phi) is 5.64. The number of rotatable bonds is 3. The van der Waals surface area contributed by atoms with Gasteiger partial charge in [-0.15, -0.1) is 0 Å². The van der Waals surface area contributed by atoms with Crippen LogP contribution in [-0.4, -0.2) is 87.3 Å². The van der Waals surface area contributed by atoms with Crippen LogP contribution in [0.25, 0.3) is 0 Å². The minimum Gasteiger partial charge on any atom is -0.458 e. The molecule has 11 heteroatoms. The van der Waals surface area contributed by atoms with Gasteiger partial charge in [0.25, 0.3) is 0 Å². The first-order valence-corrected chi connectivity index (χ1v) is 15.9. The standard InChI is InChI=1S/C33H40O11/c1-7-14(2)27(36)40-19-10-20-29(5,6)41-22-11-24(35)43-31(20,22)13-30(38)12-21(34)32-17(9-23-33(32,42-23)26(19)30)16(4)25(44-32)18-8-15(3)28(37)39-18/h7-8,16-20,22-23,25-26,38H,9-13H2,1-6H3/b14-7-/t16-,17+,18-,19+,20-,22+,23-,25+,26+,30-,31+,32+,33+/m0/s1. The number of Topliss-reactive ketones (excluding diaryl/α,β-unsaturated/α-hetero) is 1. The molecular weight excluding hydrogens is 572 g/mol. The lowest BCUT2D eigenvalue weighted by atomic mass is 9.56. The number of ether oxygens (including phenoxy) is 6. The molecule has 0 radical (unpaired) electrons. The number of fused-ring (bicyclic) bond motifs is 1. The predicted octanol–water partition coefficient (Wildman–Crippen LogP) is 2.26. The molecular formula is C33H40O11. The van der Waals surface area contributed by atoms with E-state index in [9.17, 15) is 24.3 Å². The molecule has 0 aromatic rings. The third kappa shape index (κ3) is 3.26. The van der Waals surface area contributed by atoms with Crippen molar-refractivity contribution in [3.8, 4) is 0 Å². The summed E-state index contributed by atoms with van der Waals surface area (Å²) in [7, 11) is 0. The molecule has 1 N–H and O–H groups in total. The number of allylic oxidation sites excluding steroid dienone is 1. The van der Waals surface area contributed by atoms with Crippen molar-refractivity contribution in [2.24, 2.45) is 23.7 Å². The zero-order chi connectivity index (χ0) is 31.4. The van der Waals surface area contributed by atoms with Crippen LogP contribution in [0, 0.1) is 23.7 Å². The highest BCUT2D eigenvalue weighted by molar-refractivity contribution is 5.94. The summed E-state index contributed by atoms with van der Waals surface area (Å²) < 4.78 is 37.9. The van der Waals surface area contributed by atoms with E-state index in [4.69, 9.17) is 28.4 Å². The normalized spacial score (nSPS) is 52.9. The topological polar surface area (TPSA) is 147 Å². The van der Waals surface area contributed by atoms with Crippen molar-refractivity contribution in [1.82, 2.24) is 0 Å². The van der Waals surface area contributed by atoms with E-state index in [-0.39, 0.29) is 43.3 Å².